The largest absolute Gasteiger partial charge is 0.280 e. The fourth-order valence-corrected chi connectivity index (χ4v) is 3.08. The normalized spacial score (nSPS) is 11.2. The SMILES string of the molecule is O=S(=O)(Nc1ccccc1)c1cccnc1-n1cccn1. The van der Waals surface area contributed by atoms with E-state index in [-0.39, 0.29) is 10.7 Å². The third kappa shape index (κ3) is 2.77. The number of hydrogen-bond acceptors (Lipinski definition) is 4. The predicted octanol–water partition coefficient (Wildman–Crippen LogP) is 2.07. The lowest BCUT2D eigenvalue weighted by Gasteiger charge is -2.11. The molecule has 0 aliphatic heterocycles. The molecule has 0 saturated carbocycles. The lowest BCUT2D eigenvalue weighted by Crippen LogP contribution is -2.16. The number of aromatic nitrogens is 3. The number of rotatable bonds is 4. The Morgan fingerprint density at radius 2 is 1.76 bits per heavy atom. The molecule has 7 heteroatoms. The maximum Gasteiger partial charge on any atom is 0.265 e. The van der Waals surface area contributed by atoms with Crippen LogP contribution >= 0.6 is 0 Å². The molecule has 0 amide bonds. The van der Waals surface area contributed by atoms with E-state index >= 15 is 0 Å². The van der Waals surface area contributed by atoms with Crippen LogP contribution in [-0.4, -0.2) is 23.2 Å². The van der Waals surface area contributed by atoms with Gasteiger partial charge in [-0.3, -0.25) is 4.72 Å². The van der Waals surface area contributed by atoms with Crippen LogP contribution in [0.25, 0.3) is 5.82 Å². The summed E-state index contributed by atoms with van der Waals surface area (Å²) >= 11 is 0. The molecule has 0 spiro atoms. The van der Waals surface area contributed by atoms with Crippen LogP contribution in [0.5, 0.6) is 0 Å². The van der Waals surface area contributed by atoms with Gasteiger partial charge >= 0.3 is 0 Å². The van der Waals surface area contributed by atoms with Gasteiger partial charge in [0.1, 0.15) is 4.90 Å². The third-order valence-electron chi connectivity index (χ3n) is 2.79. The quantitative estimate of drug-likeness (QED) is 0.800. The molecule has 6 nitrogen and oxygen atoms in total. The average molecular weight is 300 g/mol. The Balaban J connectivity index is 2.04. The van der Waals surface area contributed by atoms with Gasteiger partial charge in [0.15, 0.2) is 5.82 Å². The van der Waals surface area contributed by atoms with Crippen LogP contribution in [0.2, 0.25) is 0 Å². The van der Waals surface area contributed by atoms with Crippen molar-refractivity contribution in [2.24, 2.45) is 0 Å². The molecule has 0 fully saturated rings. The van der Waals surface area contributed by atoms with E-state index in [9.17, 15) is 8.42 Å². The van der Waals surface area contributed by atoms with E-state index in [1.54, 1.807) is 48.8 Å². The van der Waals surface area contributed by atoms with E-state index in [0.29, 0.717) is 5.69 Å². The summed E-state index contributed by atoms with van der Waals surface area (Å²) in [7, 11) is -3.74. The van der Waals surface area contributed by atoms with E-state index in [4.69, 9.17) is 0 Å². The maximum absolute atomic E-state index is 12.5. The van der Waals surface area contributed by atoms with Gasteiger partial charge in [0.2, 0.25) is 0 Å². The summed E-state index contributed by atoms with van der Waals surface area (Å²) in [5.74, 6) is 0.255. The van der Waals surface area contributed by atoms with Gasteiger partial charge in [0.05, 0.1) is 0 Å². The minimum atomic E-state index is -3.74. The van der Waals surface area contributed by atoms with Crippen molar-refractivity contribution in [3.63, 3.8) is 0 Å². The molecule has 0 saturated heterocycles. The molecule has 0 unspecified atom stereocenters. The van der Waals surface area contributed by atoms with Gasteiger partial charge in [0, 0.05) is 24.3 Å². The van der Waals surface area contributed by atoms with E-state index in [2.05, 4.69) is 14.8 Å². The average Bonchev–Trinajstić information content (AvgIpc) is 3.02. The molecule has 3 aromatic rings. The minimum Gasteiger partial charge on any atom is -0.280 e. The van der Waals surface area contributed by atoms with Gasteiger partial charge in [-0.05, 0) is 30.3 Å². The van der Waals surface area contributed by atoms with E-state index in [1.165, 1.54) is 16.9 Å². The summed E-state index contributed by atoms with van der Waals surface area (Å²) in [5.41, 5.74) is 0.493. The van der Waals surface area contributed by atoms with E-state index < -0.39 is 10.0 Å². The molecule has 2 aromatic heterocycles. The van der Waals surface area contributed by atoms with Crippen molar-refractivity contribution in [1.82, 2.24) is 14.8 Å². The van der Waals surface area contributed by atoms with Crippen LogP contribution in [0.1, 0.15) is 0 Å². The second kappa shape index (κ2) is 5.37. The zero-order chi connectivity index (χ0) is 14.7. The van der Waals surface area contributed by atoms with Gasteiger partial charge in [0.25, 0.3) is 10.0 Å². The van der Waals surface area contributed by atoms with Crippen molar-refractivity contribution < 1.29 is 8.42 Å². The molecule has 0 bridgehead atoms. The standard InChI is InChI=1S/C14H12N4O2S/c19-21(20,17-12-6-2-1-3-7-12)13-8-4-9-15-14(13)18-11-5-10-16-18/h1-11,17H. The van der Waals surface area contributed by atoms with Crippen molar-refractivity contribution in [2.45, 2.75) is 4.90 Å². The van der Waals surface area contributed by atoms with Crippen LogP contribution in [0.3, 0.4) is 0 Å². The van der Waals surface area contributed by atoms with Gasteiger partial charge < -0.3 is 0 Å². The second-order valence-electron chi connectivity index (χ2n) is 4.25. The molecule has 1 N–H and O–H groups in total. The van der Waals surface area contributed by atoms with Crippen LogP contribution < -0.4 is 4.72 Å². The fraction of sp³-hybridized carbons (Fsp3) is 0. The fourth-order valence-electron chi connectivity index (χ4n) is 1.87. The molecule has 0 atom stereocenters. The number of para-hydroxylation sites is 1. The van der Waals surface area contributed by atoms with E-state index in [1.807, 2.05) is 6.07 Å². The molecule has 0 radical (unpaired) electrons. The van der Waals surface area contributed by atoms with Gasteiger partial charge in [-0.15, -0.1) is 0 Å². The van der Waals surface area contributed by atoms with Gasteiger partial charge in [-0.2, -0.15) is 5.10 Å². The molecule has 21 heavy (non-hydrogen) atoms. The van der Waals surface area contributed by atoms with Crippen LogP contribution in [0.15, 0.2) is 72.0 Å². The number of hydrogen-bond donors (Lipinski definition) is 1. The Labute approximate surface area is 122 Å². The van der Waals surface area contributed by atoms with Crippen LogP contribution in [-0.2, 0) is 10.0 Å². The number of nitrogens with zero attached hydrogens (tertiary/aromatic N) is 3. The zero-order valence-electron chi connectivity index (χ0n) is 10.9. The highest BCUT2D eigenvalue weighted by Crippen LogP contribution is 2.20. The molecule has 106 valence electrons. The number of nitrogens with one attached hydrogen (secondary N) is 1. The minimum absolute atomic E-state index is 0.0672. The molecular formula is C14H12N4O2S. The number of sulfonamides is 1. The lowest BCUT2D eigenvalue weighted by molar-refractivity contribution is 0.599. The predicted molar refractivity (Wildman–Crippen MR) is 78.6 cm³/mol. The molecule has 2 heterocycles. The summed E-state index contributed by atoms with van der Waals surface area (Å²) < 4.78 is 29.0. The Bertz CT molecular complexity index is 830. The van der Waals surface area contributed by atoms with Gasteiger partial charge in [-0.1, -0.05) is 18.2 Å². The Kier molecular flexibility index (Phi) is 3.41. The molecule has 1 aromatic carbocycles. The van der Waals surface area contributed by atoms with Crippen LogP contribution in [0.4, 0.5) is 5.69 Å². The van der Waals surface area contributed by atoms with Crippen molar-refractivity contribution in [3.05, 3.63) is 67.1 Å². The Hall–Kier alpha value is -2.67. The number of anilines is 1. The Morgan fingerprint density at radius 3 is 2.48 bits per heavy atom. The third-order valence-corrected chi connectivity index (χ3v) is 4.19. The van der Waals surface area contributed by atoms with Gasteiger partial charge in [-0.25, -0.2) is 18.1 Å². The van der Waals surface area contributed by atoms with Crippen LogP contribution in [0, 0.1) is 0 Å². The monoisotopic (exact) mass is 300 g/mol. The first-order valence-electron chi connectivity index (χ1n) is 6.20. The first kappa shape index (κ1) is 13.3. The number of pyridine rings is 1. The van der Waals surface area contributed by atoms with Crippen molar-refractivity contribution in [2.75, 3.05) is 4.72 Å². The zero-order valence-corrected chi connectivity index (χ0v) is 11.7. The summed E-state index contributed by atoms with van der Waals surface area (Å²) in [6.45, 7) is 0. The smallest absolute Gasteiger partial charge is 0.265 e. The van der Waals surface area contributed by atoms with E-state index in [0.717, 1.165) is 0 Å². The molecular weight excluding hydrogens is 288 g/mol. The summed E-state index contributed by atoms with van der Waals surface area (Å²) in [6.07, 6.45) is 4.73. The summed E-state index contributed by atoms with van der Waals surface area (Å²) in [4.78, 5) is 4.18. The summed E-state index contributed by atoms with van der Waals surface area (Å²) in [5, 5.41) is 4.03. The van der Waals surface area contributed by atoms with Crippen molar-refractivity contribution >= 4 is 15.7 Å². The van der Waals surface area contributed by atoms with Crippen molar-refractivity contribution in [3.8, 4) is 5.82 Å². The highest BCUT2D eigenvalue weighted by Gasteiger charge is 2.20. The highest BCUT2D eigenvalue weighted by molar-refractivity contribution is 7.92. The molecule has 0 aliphatic rings. The Morgan fingerprint density at radius 1 is 0.952 bits per heavy atom. The first-order chi connectivity index (χ1) is 10.2. The second-order valence-corrected chi connectivity index (χ2v) is 5.90. The highest BCUT2D eigenvalue weighted by atomic mass is 32.2. The molecule has 3 rings (SSSR count). The first-order valence-corrected chi connectivity index (χ1v) is 7.68. The lowest BCUT2D eigenvalue weighted by atomic mass is 10.3. The molecule has 0 aliphatic carbocycles. The number of benzene rings is 1. The van der Waals surface area contributed by atoms with Crippen molar-refractivity contribution in [1.29, 1.82) is 0 Å². The topological polar surface area (TPSA) is 76.9 Å². The summed E-state index contributed by atoms with van der Waals surface area (Å²) in [6, 6.07) is 13.5. The maximum atomic E-state index is 12.5.